The number of aromatic nitrogens is 2. The van der Waals surface area contributed by atoms with Crippen LogP contribution in [0.5, 0.6) is 0 Å². The average molecular weight is 324 g/mol. The van der Waals surface area contributed by atoms with Gasteiger partial charge in [-0.05, 0) is 55.5 Å². The van der Waals surface area contributed by atoms with Crippen molar-refractivity contribution in [3.05, 3.63) is 53.9 Å². The van der Waals surface area contributed by atoms with Gasteiger partial charge in [-0.25, -0.2) is 0 Å². The largest absolute Gasteiger partial charge is 0.339 e. The Bertz CT molecular complexity index is 683. The average Bonchev–Trinajstić information content (AvgIpc) is 3.24. The Morgan fingerprint density at radius 2 is 1.88 bits per heavy atom. The van der Waals surface area contributed by atoms with Crippen LogP contribution in [0.4, 0.5) is 0 Å². The number of amides is 1. The number of fused-ring (bicyclic) bond motifs is 1. The molecule has 5 heteroatoms. The Morgan fingerprint density at radius 1 is 1.12 bits per heavy atom. The highest BCUT2D eigenvalue weighted by Crippen LogP contribution is 2.28. The smallest absolute Gasteiger partial charge is 0.254 e. The zero-order valence-electron chi connectivity index (χ0n) is 13.9. The Hall–Kier alpha value is -2.14. The van der Waals surface area contributed by atoms with Crippen molar-refractivity contribution in [1.29, 1.82) is 0 Å². The zero-order valence-corrected chi connectivity index (χ0v) is 13.9. The summed E-state index contributed by atoms with van der Waals surface area (Å²) in [4.78, 5) is 15.2. The lowest BCUT2D eigenvalue weighted by atomic mass is 9.92. The van der Waals surface area contributed by atoms with E-state index in [0.29, 0.717) is 6.54 Å². The molecule has 0 bridgehead atoms. The number of nitrogens with one attached hydrogen (secondary N) is 1. The van der Waals surface area contributed by atoms with E-state index in [-0.39, 0.29) is 5.91 Å². The van der Waals surface area contributed by atoms with Gasteiger partial charge in [-0.2, -0.15) is 5.10 Å². The van der Waals surface area contributed by atoms with Crippen molar-refractivity contribution in [3.8, 4) is 0 Å². The number of carbonyl (C=O) groups is 1. The number of rotatable bonds is 3. The molecular formula is C19H24N4O. The van der Waals surface area contributed by atoms with Crippen LogP contribution in [0, 0.1) is 11.8 Å². The number of hydrogen-bond acceptors (Lipinski definition) is 3. The van der Waals surface area contributed by atoms with Crippen LogP contribution in [0.25, 0.3) is 0 Å². The second-order valence-electron chi connectivity index (χ2n) is 6.91. The van der Waals surface area contributed by atoms with Gasteiger partial charge in [-0.3, -0.25) is 9.48 Å². The van der Waals surface area contributed by atoms with Crippen LogP contribution >= 0.6 is 0 Å². The summed E-state index contributed by atoms with van der Waals surface area (Å²) >= 11 is 0. The SMILES string of the molecule is O=C(c1ccccc1Cn1cccn1)N1CC[C@@H]2CNC[C@@H]2CC1. The predicted octanol–water partition coefficient (Wildman–Crippen LogP) is 2.00. The maximum atomic E-state index is 13.1. The molecule has 2 atom stereocenters. The lowest BCUT2D eigenvalue weighted by Gasteiger charge is -2.22. The highest BCUT2D eigenvalue weighted by atomic mass is 16.2. The van der Waals surface area contributed by atoms with E-state index >= 15 is 0 Å². The summed E-state index contributed by atoms with van der Waals surface area (Å²) in [7, 11) is 0. The van der Waals surface area contributed by atoms with Gasteiger partial charge < -0.3 is 10.2 Å². The molecule has 2 aromatic rings. The molecule has 5 nitrogen and oxygen atoms in total. The third-order valence-corrected chi connectivity index (χ3v) is 5.45. The minimum absolute atomic E-state index is 0.172. The van der Waals surface area contributed by atoms with Crippen LogP contribution < -0.4 is 5.32 Å². The number of hydrogen-bond donors (Lipinski definition) is 1. The van der Waals surface area contributed by atoms with Gasteiger partial charge in [0.1, 0.15) is 0 Å². The Balaban J connectivity index is 1.52. The first kappa shape index (κ1) is 15.4. The molecule has 1 N–H and O–H groups in total. The van der Waals surface area contributed by atoms with Gasteiger partial charge in [0, 0.05) is 31.0 Å². The van der Waals surface area contributed by atoms with Crippen molar-refractivity contribution in [2.45, 2.75) is 19.4 Å². The van der Waals surface area contributed by atoms with E-state index in [1.807, 2.05) is 41.2 Å². The molecule has 2 saturated heterocycles. The summed E-state index contributed by atoms with van der Waals surface area (Å²) in [5.41, 5.74) is 1.86. The molecule has 3 heterocycles. The first-order chi connectivity index (χ1) is 11.8. The summed E-state index contributed by atoms with van der Waals surface area (Å²) in [5.74, 6) is 1.65. The monoisotopic (exact) mass is 324 g/mol. The molecule has 1 amide bonds. The molecule has 0 saturated carbocycles. The van der Waals surface area contributed by atoms with Crippen LogP contribution in [0.1, 0.15) is 28.8 Å². The molecule has 0 aliphatic carbocycles. The molecule has 126 valence electrons. The van der Waals surface area contributed by atoms with E-state index in [9.17, 15) is 4.79 Å². The maximum Gasteiger partial charge on any atom is 0.254 e. The molecule has 24 heavy (non-hydrogen) atoms. The number of likely N-dealkylation sites (tertiary alicyclic amines) is 1. The van der Waals surface area contributed by atoms with Gasteiger partial charge in [-0.1, -0.05) is 18.2 Å². The van der Waals surface area contributed by atoms with Crippen molar-refractivity contribution in [2.75, 3.05) is 26.2 Å². The molecule has 1 aromatic heterocycles. The van der Waals surface area contributed by atoms with Gasteiger partial charge in [0.05, 0.1) is 6.54 Å². The predicted molar refractivity (Wildman–Crippen MR) is 92.8 cm³/mol. The van der Waals surface area contributed by atoms with Crippen molar-refractivity contribution >= 4 is 5.91 Å². The maximum absolute atomic E-state index is 13.1. The lowest BCUT2D eigenvalue weighted by Crippen LogP contribution is -2.33. The fourth-order valence-corrected chi connectivity index (χ4v) is 4.03. The summed E-state index contributed by atoms with van der Waals surface area (Å²) in [5, 5.41) is 7.75. The van der Waals surface area contributed by atoms with Crippen molar-refractivity contribution in [2.24, 2.45) is 11.8 Å². The van der Waals surface area contributed by atoms with Crippen molar-refractivity contribution in [1.82, 2.24) is 20.0 Å². The van der Waals surface area contributed by atoms with Crippen LogP contribution in [0.15, 0.2) is 42.7 Å². The number of carbonyl (C=O) groups excluding carboxylic acids is 1. The van der Waals surface area contributed by atoms with Crippen molar-refractivity contribution < 1.29 is 4.79 Å². The molecule has 0 spiro atoms. The number of benzene rings is 1. The first-order valence-electron chi connectivity index (χ1n) is 8.86. The van der Waals surface area contributed by atoms with E-state index < -0.39 is 0 Å². The van der Waals surface area contributed by atoms with Gasteiger partial charge in [0.15, 0.2) is 0 Å². The zero-order chi connectivity index (χ0) is 16.4. The topological polar surface area (TPSA) is 50.2 Å². The first-order valence-corrected chi connectivity index (χ1v) is 8.86. The summed E-state index contributed by atoms with van der Waals surface area (Å²) in [6, 6.07) is 9.84. The molecule has 0 radical (unpaired) electrons. The second kappa shape index (κ2) is 6.77. The Labute approximate surface area is 142 Å². The Kier molecular flexibility index (Phi) is 4.34. The van der Waals surface area contributed by atoms with Crippen LogP contribution in [0.3, 0.4) is 0 Å². The minimum Gasteiger partial charge on any atom is -0.339 e. The molecule has 2 fully saturated rings. The van der Waals surface area contributed by atoms with Gasteiger partial charge in [0.2, 0.25) is 0 Å². The van der Waals surface area contributed by atoms with Gasteiger partial charge in [-0.15, -0.1) is 0 Å². The normalized spacial score (nSPS) is 23.8. The van der Waals surface area contributed by atoms with Gasteiger partial charge >= 0.3 is 0 Å². The molecule has 0 unspecified atom stereocenters. The molecule has 4 rings (SSSR count). The van der Waals surface area contributed by atoms with Crippen molar-refractivity contribution in [3.63, 3.8) is 0 Å². The quantitative estimate of drug-likeness (QED) is 0.939. The third kappa shape index (κ3) is 3.08. The fraction of sp³-hybridized carbons (Fsp3) is 0.474. The highest BCUT2D eigenvalue weighted by Gasteiger charge is 2.32. The fourth-order valence-electron chi connectivity index (χ4n) is 4.03. The van der Waals surface area contributed by atoms with E-state index in [1.165, 1.54) is 0 Å². The van der Waals surface area contributed by atoms with E-state index in [0.717, 1.165) is 62.0 Å². The molecule has 2 aliphatic heterocycles. The highest BCUT2D eigenvalue weighted by molar-refractivity contribution is 5.95. The standard InChI is InChI=1S/C19H24N4O/c24-19(22-10-6-15-12-20-13-16(15)7-11-22)18-5-2-1-4-17(18)14-23-9-3-8-21-23/h1-5,8-9,15-16,20H,6-7,10-14H2/t15-,16+. The van der Waals surface area contributed by atoms with Crippen LogP contribution in [-0.4, -0.2) is 46.8 Å². The number of nitrogens with zero attached hydrogens (tertiary/aromatic N) is 3. The molecule has 2 aliphatic rings. The van der Waals surface area contributed by atoms with E-state index in [2.05, 4.69) is 15.3 Å². The third-order valence-electron chi connectivity index (χ3n) is 5.45. The summed E-state index contributed by atoms with van der Waals surface area (Å²) < 4.78 is 1.87. The summed E-state index contributed by atoms with van der Waals surface area (Å²) in [6.45, 7) is 4.61. The van der Waals surface area contributed by atoms with Gasteiger partial charge in [0.25, 0.3) is 5.91 Å². The van der Waals surface area contributed by atoms with E-state index in [1.54, 1.807) is 6.20 Å². The molecule has 1 aromatic carbocycles. The molecular weight excluding hydrogens is 300 g/mol. The second-order valence-corrected chi connectivity index (χ2v) is 6.91. The Morgan fingerprint density at radius 3 is 2.58 bits per heavy atom. The van der Waals surface area contributed by atoms with Crippen LogP contribution in [-0.2, 0) is 6.54 Å². The van der Waals surface area contributed by atoms with E-state index in [4.69, 9.17) is 0 Å². The summed E-state index contributed by atoms with van der Waals surface area (Å²) in [6.07, 6.45) is 5.93. The van der Waals surface area contributed by atoms with Crippen LogP contribution in [0.2, 0.25) is 0 Å². The lowest BCUT2D eigenvalue weighted by molar-refractivity contribution is 0.0757. The minimum atomic E-state index is 0.172.